The molecule has 0 spiro atoms. The third kappa shape index (κ3) is 4.68. The Kier molecular flexibility index (Phi) is 6.42. The van der Waals surface area contributed by atoms with Gasteiger partial charge < -0.3 is 9.67 Å². The normalized spacial score (nSPS) is 11.4. The van der Waals surface area contributed by atoms with Gasteiger partial charge >= 0.3 is 0 Å². The SMILES string of the molecule is CCc1nc2c(C)cc(C)nc2n1Cc1ccc(-c2cc(-c3ccc(CO)cc3)ccc2-c2nnn[nH]2)cn1. The summed E-state index contributed by atoms with van der Waals surface area (Å²) in [6.07, 6.45) is 2.71. The molecular formula is C30H28N8O. The molecule has 9 heteroatoms. The zero-order valence-electron chi connectivity index (χ0n) is 22.0. The fourth-order valence-electron chi connectivity index (χ4n) is 4.97. The molecule has 0 aliphatic carbocycles. The van der Waals surface area contributed by atoms with E-state index in [1.807, 2.05) is 55.6 Å². The molecule has 194 valence electrons. The number of pyridine rings is 2. The number of benzene rings is 2. The monoisotopic (exact) mass is 516 g/mol. The van der Waals surface area contributed by atoms with Crippen molar-refractivity contribution in [1.29, 1.82) is 0 Å². The van der Waals surface area contributed by atoms with Gasteiger partial charge in [0, 0.05) is 29.4 Å². The highest BCUT2D eigenvalue weighted by atomic mass is 16.3. The molecule has 0 unspecified atom stereocenters. The van der Waals surface area contributed by atoms with Crippen LogP contribution in [0.5, 0.6) is 0 Å². The second-order valence-corrected chi connectivity index (χ2v) is 9.62. The second-order valence-electron chi connectivity index (χ2n) is 9.62. The molecule has 2 N–H and O–H groups in total. The van der Waals surface area contributed by atoms with Gasteiger partial charge in [0.05, 0.1) is 18.8 Å². The number of aryl methyl sites for hydroxylation is 3. The first-order valence-electron chi connectivity index (χ1n) is 12.9. The molecule has 0 bridgehead atoms. The zero-order chi connectivity index (χ0) is 26.9. The number of imidazole rings is 1. The Morgan fingerprint density at radius 1 is 0.872 bits per heavy atom. The summed E-state index contributed by atoms with van der Waals surface area (Å²) in [6, 6.07) is 20.3. The van der Waals surface area contributed by atoms with E-state index in [2.05, 4.69) is 57.2 Å². The quantitative estimate of drug-likeness (QED) is 0.304. The minimum atomic E-state index is 0.0187. The number of H-pyrrole nitrogens is 1. The van der Waals surface area contributed by atoms with E-state index < -0.39 is 0 Å². The van der Waals surface area contributed by atoms with Gasteiger partial charge in [-0.05, 0) is 76.4 Å². The van der Waals surface area contributed by atoms with E-state index >= 15 is 0 Å². The van der Waals surface area contributed by atoms with Crippen LogP contribution in [-0.4, -0.2) is 45.2 Å². The standard InChI is InChI=1S/C30H28N8O/c1-4-27-33-28-18(2)13-19(3)32-30(28)38(27)16-24-11-9-23(15-31-24)26-14-22(21-7-5-20(17-39)6-8-21)10-12-25(26)29-34-36-37-35-29/h5-15,39H,4,16-17H2,1-3H3,(H,34,35,36,37). The molecule has 0 saturated heterocycles. The van der Waals surface area contributed by atoms with E-state index in [-0.39, 0.29) is 6.61 Å². The Balaban J connectivity index is 1.38. The maximum absolute atomic E-state index is 9.40. The van der Waals surface area contributed by atoms with Crippen LogP contribution in [0.25, 0.3) is 44.8 Å². The number of aliphatic hydroxyl groups is 1. The first kappa shape index (κ1) is 24.6. The van der Waals surface area contributed by atoms with E-state index in [1.54, 1.807) is 0 Å². The van der Waals surface area contributed by atoms with Crippen LogP contribution in [0.2, 0.25) is 0 Å². The Morgan fingerprint density at radius 3 is 2.36 bits per heavy atom. The Hall–Kier alpha value is -4.76. The van der Waals surface area contributed by atoms with Crippen LogP contribution in [0.15, 0.2) is 66.9 Å². The number of rotatable bonds is 7. The largest absolute Gasteiger partial charge is 0.392 e. The van der Waals surface area contributed by atoms with Crippen molar-refractivity contribution in [2.75, 3.05) is 0 Å². The van der Waals surface area contributed by atoms with Crippen molar-refractivity contribution in [3.05, 3.63) is 95.2 Å². The number of fused-ring (bicyclic) bond motifs is 1. The molecule has 4 heterocycles. The van der Waals surface area contributed by atoms with E-state index in [0.29, 0.717) is 12.4 Å². The van der Waals surface area contributed by atoms with Crippen molar-refractivity contribution < 1.29 is 5.11 Å². The summed E-state index contributed by atoms with van der Waals surface area (Å²) in [5, 5.41) is 24.0. The minimum Gasteiger partial charge on any atom is -0.392 e. The van der Waals surface area contributed by atoms with Crippen LogP contribution in [0.3, 0.4) is 0 Å². The van der Waals surface area contributed by atoms with Crippen molar-refractivity contribution in [3.8, 4) is 33.6 Å². The van der Waals surface area contributed by atoms with Crippen LogP contribution in [0.4, 0.5) is 0 Å². The Labute approximate surface area is 225 Å². The van der Waals surface area contributed by atoms with Crippen LogP contribution < -0.4 is 0 Å². The summed E-state index contributed by atoms with van der Waals surface area (Å²) in [5.74, 6) is 1.59. The highest BCUT2D eigenvalue weighted by molar-refractivity contribution is 5.84. The molecule has 9 nitrogen and oxygen atoms in total. The third-order valence-corrected chi connectivity index (χ3v) is 6.96. The molecule has 6 aromatic rings. The number of aromatic nitrogens is 8. The molecule has 39 heavy (non-hydrogen) atoms. The summed E-state index contributed by atoms with van der Waals surface area (Å²) < 4.78 is 2.17. The highest BCUT2D eigenvalue weighted by Crippen LogP contribution is 2.34. The molecule has 0 amide bonds. The number of tetrazole rings is 1. The van der Waals surface area contributed by atoms with Gasteiger partial charge in [-0.15, -0.1) is 5.10 Å². The van der Waals surface area contributed by atoms with Crippen LogP contribution in [0.1, 0.15) is 35.3 Å². The molecule has 6 rings (SSSR count). The molecule has 0 fully saturated rings. The maximum Gasteiger partial charge on any atom is 0.180 e. The molecule has 0 aliphatic heterocycles. The average molecular weight is 517 g/mol. The van der Waals surface area contributed by atoms with Gasteiger partial charge in [0.15, 0.2) is 11.5 Å². The second kappa shape index (κ2) is 10.2. The van der Waals surface area contributed by atoms with Crippen molar-refractivity contribution in [3.63, 3.8) is 0 Å². The number of aromatic amines is 1. The summed E-state index contributed by atoms with van der Waals surface area (Å²) in [7, 11) is 0. The Morgan fingerprint density at radius 2 is 1.67 bits per heavy atom. The topological polar surface area (TPSA) is 118 Å². The minimum absolute atomic E-state index is 0.0187. The average Bonchev–Trinajstić information content (AvgIpc) is 3.62. The van der Waals surface area contributed by atoms with Gasteiger partial charge in [-0.1, -0.05) is 43.3 Å². The maximum atomic E-state index is 9.40. The smallest absolute Gasteiger partial charge is 0.180 e. The summed E-state index contributed by atoms with van der Waals surface area (Å²) in [5.41, 5.74) is 10.7. The lowest BCUT2D eigenvalue weighted by atomic mass is 9.94. The summed E-state index contributed by atoms with van der Waals surface area (Å²) >= 11 is 0. The van der Waals surface area contributed by atoms with E-state index in [4.69, 9.17) is 15.0 Å². The van der Waals surface area contributed by atoms with E-state index in [0.717, 1.165) is 73.7 Å². The lowest BCUT2D eigenvalue weighted by Gasteiger charge is -2.12. The number of hydrogen-bond acceptors (Lipinski definition) is 7. The first-order valence-corrected chi connectivity index (χ1v) is 12.9. The predicted molar refractivity (Wildman–Crippen MR) is 150 cm³/mol. The number of hydrogen-bond donors (Lipinski definition) is 2. The lowest BCUT2D eigenvalue weighted by molar-refractivity contribution is 0.282. The van der Waals surface area contributed by atoms with Gasteiger partial charge in [0.2, 0.25) is 0 Å². The zero-order valence-corrected chi connectivity index (χ0v) is 22.0. The van der Waals surface area contributed by atoms with Gasteiger partial charge in [-0.3, -0.25) is 4.98 Å². The van der Waals surface area contributed by atoms with Crippen LogP contribution in [-0.2, 0) is 19.6 Å². The van der Waals surface area contributed by atoms with Crippen molar-refractivity contribution in [2.24, 2.45) is 0 Å². The highest BCUT2D eigenvalue weighted by Gasteiger charge is 2.16. The van der Waals surface area contributed by atoms with Crippen LogP contribution >= 0.6 is 0 Å². The molecular weight excluding hydrogens is 488 g/mol. The number of nitrogens with zero attached hydrogens (tertiary/aromatic N) is 7. The summed E-state index contributed by atoms with van der Waals surface area (Å²) in [6.45, 7) is 6.81. The number of aliphatic hydroxyl groups excluding tert-OH is 1. The lowest BCUT2D eigenvalue weighted by Crippen LogP contribution is -2.07. The molecule has 4 aromatic heterocycles. The molecule has 0 saturated carbocycles. The fourth-order valence-corrected chi connectivity index (χ4v) is 4.97. The molecule has 0 radical (unpaired) electrons. The van der Waals surface area contributed by atoms with Gasteiger partial charge in [0.25, 0.3) is 0 Å². The Bertz CT molecular complexity index is 1750. The molecule has 0 atom stereocenters. The first-order chi connectivity index (χ1) is 19.0. The van der Waals surface area contributed by atoms with Gasteiger partial charge in [0.1, 0.15) is 11.3 Å². The van der Waals surface area contributed by atoms with E-state index in [1.165, 1.54) is 0 Å². The molecule has 2 aromatic carbocycles. The van der Waals surface area contributed by atoms with E-state index in [9.17, 15) is 5.11 Å². The number of nitrogens with one attached hydrogen (secondary N) is 1. The summed E-state index contributed by atoms with van der Waals surface area (Å²) in [4.78, 5) is 14.5. The van der Waals surface area contributed by atoms with Crippen LogP contribution in [0, 0.1) is 13.8 Å². The van der Waals surface area contributed by atoms with Gasteiger partial charge in [-0.25, -0.2) is 15.1 Å². The van der Waals surface area contributed by atoms with Crippen molar-refractivity contribution in [2.45, 2.75) is 40.3 Å². The predicted octanol–water partition coefficient (Wildman–Crippen LogP) is 5.06. The van der Waals surface area contributed by atoms with Crippen molar-refractivity contribution >= 4 is 11.2 Å². The third-order valence-electron chi connectivity index (χ3n) is 6.96. The van der Waals surface area contributed by atoms with Crippen molar-refractivity contribution in [1.82, 2.24) is 40.1 Å². The fraction of sp³-hybridized carbons (Fsp3) is 0.200. The van der Waals surface area contributed by atoms with Gasteiger partial charge in [-0.2, -0.15) is 0 Å². The molecule has 0 aliphatic rings.